The molecule has 1 fully saturated rings. The van der Waals surface area contributed by atoms with Gasteiger partial charge in [-0.25, -0.2) is 0 Å². The predicted molar refractivity (Wildman–Crippen MR) is 114 cm³/mol. The van der Waals surface area contributed by atoms with Crippen LogP contribution in [0.25, 0.3) is 10.9 Å². The zero-order valence-corrected chi connectivity index (χ0v) is 17.2. The molecule has 1 heterocycles. The van der Waals surface area contributed by atoms with Crippen molar-refractivity contribution in [3.63, 3.8) is 0 Å². The molecule has 2 aliphatic carbocycles. The van der Waals surface area contributed by atoms with Gasteiger partial charge < -0.3 is 14.8 Å². The minimum Gasteiger partial charge on any atom is -0.493 e. The summed E-state index contributed by atoms with van der Waals surface area (Å²) in [4.78, 5) is 17.1. The molecule has 0 spiro atoms. The molecule has 5 heteroatoms. The third kappa shape index (κ3) is 2.68. The normalized spacial score (nSPS) is 16.8. The number of aliphatic hydroxyl groups is 1. The summed E-state index contributed by atoms with van der Waals surface area (Å²) >= 11 is 0. The van der Waals surface area contributed by atoms with Crippen molar-refractivity contribution in [3.8, 4) is 11.8 Å². The number of rotatable bonds is 5. The number of nitrogens with one attached hydrogen (secondary N) is 1. The highest BCUT2D eigenvalue weighted by atomic mass is 16.5. The van der Waals surface area contributed by atoms with Crippen molar-refractivity contribution >= 4 is 16.7 Å². The number of carbonyl (C=O) groups excluding carboxylic acids is 1. The summed E-state index contributed by atoms with van der Waals surface area (Å²) < 4.78 is 5.76. The van der Waals surface area contributed by atoms with Crippen molar-refractivity contribution in [2.75, 3.05) is 13.2 Å². The van der Waals surface area contributed by atoms with Gasteiger partial charge >= 0.3 is 0 Å². The Morgan fingerprint density at radius 1 is 1.27 bits per heavy atom. The Labute approximate surface area is 175 Å². The van der Waals surface area contributed by atoms with Gasteiger partial charge in [-0.2, -0.15) is 5.26 Å². The third-order valence-corrected chi connectivity index (χ3v) is 6.45. The number of H-pyrrole nitrogens is 1. The Hall–Kier alpha value is -3.10. The lowest BCUT2D eigenvalue weighted by Gasteiger charge is -2.32. The second-order valence-corrected chi connectivity index (χ2v) is 8.80. The second-order valence-electron chi connectivity index (χ2n) is 8.80. The van der Waals surface area contributed by atoms with E-state index in [0.717, 1.165) is 46.1 Å². The van der Waals surface area contributed by atoms with Gasteiger partial charge in [0.05, 0.1) is 29.3 Å². The molecule has 5 rings (SSSR count). The number of nitriles is 1. The first kappa shape index (κ1) is 18.9. The highest BCUT2D eigenvalue weighted by Crippen LogP contribution is 2.49. The van der Waals surface area contributed by atoms with Crippen LogP contribution in [0.3, 0.4) is 0 Å². The van der Waals surface area contributed by atoms with Crippen LogP contribution in [0, 0.1) is 11.3 Å². The van der Waals surface area contributed by atoms with Gasteiger partial charge in [-0.05, 0) is 54.2 Å². The van der Waals surface area contributed by atoms with Crippen molar-refractivity contribution < 1.29 is 14.6 Å². The minimum atomic E-state index is -0.415. The molecule has 5 nitrogen and oxygen atoms in total. The average molecular weight is 400 g/mol. The number of hydrogen-bond donors (Lipinski definition) is 2. The summed E-state index contributed by atoms with van der Waals surface area (Å²) in [6.45, 7) is 4.75. The summed E-state index contributed by atoms with van der Waals surface area (Å²) in [5, 5.41) is 19.5. The smallest absolute Gasteiger partial charge is 0.195 e. The number of aliphatic hydroxyl groups excluding tert-OH is 1. The fourth-order valence-corrected chi connectivity index (χ4v) is 4.73. The van der Waals surface area contributed by atoms with E-state index in [-0.39, 0.29) is 12.4 Å². The molecule has 0 amide bonds. The van der Waals surface area contributed by atoms with E-state index in [2.05, 4.69) is 24.9 Å². The number of fused-ring (bicyclic) bond motifs is 4. The van der Waals surface area contributed by atoms with Gasteiger partial charge in [-0.1, -0.05) is 19.9 Å². The van der Waals surface area contributed by atoms with Gasteiger partial charge in [0.25, 0.3) is 0 Å². The largest absolute Gasteiger partial charge is 0.493 e. The maximum Gasteiger partial charge on any atom is 0.195 e. The summed E-state index contributed by atoms with van der Waals surface area (Å²) in [7, 11) is 0. The highest BCUT2D eigenvalue weighted by Gasteiger charge is 2.41. The molecule has 152 valence electrons. The van der Waals surface area contributed by atoms with Crippen LogP contribution in [0.4, 0.5) is 0 Å². The van der Waals surface area contributed by atoms with Gasteiger partial charge in [-0.3, -0.25) is 4.79 Å². The first-order valence-corrected chi connectivity index (χ1v) is 10.5. The molecule has 1 aromatic heterocycles. The molecule has 0 radical (unpaired) electrons. The first-order chi connectivity index (χ1) is 14.5. The number of aromatic nitrogens is 1. The van der Waals surface area contributed by atoms with E-state index in [4.69, 9.17) is 9.84 Å². The van der Waals surface area contributed by atoms with Crippen LogP contribution in [0.5, 0.6) is 5.75 Å². The average Bonchev–Trinajstić information content (AvgIpc) is 3.50. The van der Waals surface area contributed by atoms with Crippen molar-refractivity contribution in [1.29, 1.82) is 5.26 Å². The zero-order valence-electron chi connectivity index (χ0n) is 17.2. The van der Waals surface area contributed by atoms with E-state index >= 15 is 0 Å². The maximum atomic E-state index is 13.5. The lowest BCUT2D eigenvalue weighted by atomic mass is 9.71. The first-order valence-electron chi connectivity index (χ1n) is 10.5. The van der Waals surface area contributed by atoms with E-state index in [1.807, 2.05) is 30.3 Å². The monoisotopic (exact) mass is 400 g/mol. The Bertz CT molecular complexity index is 1230. The van der Waals surface area contributed by atoms with Gasteiger partial charge in [0.15, 0.2) is 5.78 Å². The summed E-state index contributed by atoms with van der Waals surface area (Å²) in [5.74, 6) is 1.11. The SMILES string of the molecule is CC1(C)c2cc(OCCCO)ccc2C(=O)c2c1[nH]c1c(C3CC3)c(C#N)ccc21. The molecule has 2 aliphatic rings. The fraction of sp³-hybridized carbons (Fsp3) is 0.360. The standard InChI is InChI=1S/C25H24N2O3/c1-25(2)19-12-16(30-11-3-10-28)7-9-17(19)23(29)21-18-8-6-15(13-26)20(14-4-5-14)22(18)27-24(21)25/h6-9,12,14,27-28H,3-5,10-11H2,1-2H3. The maximum absolute atomic E-state index is 13.5. The molecule has 30 heavy (non-hydrogen) atoms. The van der Waals surface area contributed by atoms with E-state index in [1.54, 1.807) is 0 Å². The van der Waals surface area contributed by atoms with Gasteiger partial charge in [0, 0.05) is 35.1 Å². The lowest BCUT2D eigenvalue weighted by molar-refractivity contribution is 0.103. The molecule has 3 aromatic rings. The van der Waals surface area contributed by atoms with Crippen molar-refractivity contribution in [3.05, 3.63) is 63.8 Å². The van der Waals surface area contributed by atoms with Gasteiger partial charge in [0.2, 0.25) is 0 Å². The fourth-order valence-electron chi connectivity index (χ4n) is 4.73. The third-order valence-electron chi connectivity index (χ3n) is 6.45. The number of benzene rings is 2. The van der Waals surface area contributed by atoms with E-state index in [0.29, 0.717) is 35.8 Å². The van der Waals surface area contributed by atoms with Gasteiger partial charge in [0.1, 0.15) is 5.75 Å². The minimum absolute atomic E-state index is 0.0129. The van der Waals surface area contributed by atoms with Crippen LogP contribution in [-0.4, -0.2) is 29.1 Å². The summed E-state index contributed by atoms with van der Waals surface area (Å²) in [6, 6.07) is 11.7. The molecule has 0 aliphatic heterocycles. The van der Waals surface area contributed by atoms with Crippen molar-refractivity contribution in [2.45, 2.75) is 44.4 Å². The Morgan fingerprint density at radius 2 is 2.07 bits per heavy atom. The van der Waals surface area contributed by atoms with Crippen LogP contribution in [-0.2, 0) is 5.41 Å². The number of ketones is 1. The van der Waals surface area contributed by atoms with Crippen molar-refractivity contribution in [2.24, 2.45) is 0 Å². The molecule has 0 bridgehead atoms. The Kier molecular flexibility index (Phi) is 4.23. The lowest BCUT2D eigenvalue weighted by Crippen LogP contribution is -2.30. The molecular formula is C25H24N2O3. The summed E-state index contributed by atoms with van der Waals surface area (Å²) in [6.07, 6.45) is 2.74. The number of ether oxygens (including phenoxy) is 1. The zero-order chi connectivity index (χ0) is 21.0. The molecule has 1 saturated carbocycles. The van der Waals surface area contributed by atoms with Crippen LogP contribution in [0.2, 0.25) is 0 Å². The molecule has 2 aromatic carbocycles. The predicted octanol–water partition coefficient (Wildman–Crippen LogP) is 4.55. The second kappa shape index (κ2) is 6.72. The Morgan fingerprint density at radius 3 is 2.77 bits per heavy atom. The number of carbonyl (C=O) groups is 1. The molecule has 0 saturated heterocycles. The van der Waals surface area contributed by atoms with Crippen molar-refractivity contribution in [1.82, 2.24) is 4.98 Å². The van der Waals surface area contributed by atoms with Crippen LogP contribution < -0.4 is 4.74 Å². The van der Waals surface area contributed by atoms with E-state index < -0.39 is 5.41 Å². The quantitative estimate of drug-likeness (QED) is 0.615. The van der Waals surface area contributed by atoms with Crippen LogP contribution >= 0.6 is 0 Å². The molecule has 0 atom stereocenters. The number of nitrogens with zero attached hydrogens (tertiary/aromatic N) is 1. The number of aromatic amines is 1. The van der Waals surface area contributed by atoms with Gasteiger partial charge in [-0.15, -0.1) is 0 Å². The molecular weight excluding hydrogens is 376 g/mol. The molecule has 2 N–H and O–H groups in total. The van der Waals surface area contributed by atoms with E-state index in [1.165, 1.54) is 0 Å². The summed E-state index contributed by atoms with van der Waals surface area (Å²) in [5.41, 5.74) is 5.54. The highest BCUT2D eigenvalue weighted by molar-refractivity contribution is 6.20. The van der Waals surface area contributed by atoms with Crippen LogP contribution in [0.15, 0.2) is 30.3 Å². The molecule has 0 unspecified atom stereocenters. The Balaban J connectivity index is 1.69. The van der Waals surface area contributed by atoms with E-state index in [9.17, 15) is 10.1 Å². The van der Waals surface area contributed by atoms with Crippen LogP contribution in [0.1, 0.15) is 77.3 Å². The number of hydrogen-bond acceptors (Lipinski definition) is 4. The topological polar surface area (TPSA) is 86.1 Å².